The lowest BCUT2D eigenvalue weighted by molar-refractivity contribution is 0.0371. The number of Topliss-reactive ketones (excluding diaryl/α,β-unsaturated/α-hetero) is 1. The molecule has 3 aromatic rings. The van der Waals surface area contributed by atoms with Crippen molar-refractivity contribution in [2.75, 3.05) is 39.5 Å². The number of aromatic nitrogens is 2. The number of morpholine rings is 1. The number of fused-ring (bicyclic) bond motifs is 3. The second-order valence-electron chi connectivity index (χ2n) is 6.70. The number of rotatable bonds is 5. The molecule has 0 bridgehead atoms. The smallest absolute Gasteiger partial charge is 0.340 e. The van der Waals surface area contributed by atoms with Crippen LogP contribution in [0.25, 0.3) is 21.8 Å². The van der Waals surface area contributed by atoms with Gasteiger partial charge < -0.3 is 19.4 Å². The molecule has 1 aromatic carbocycles. The van der Waals surface area contributed by atoms with Crippen LogP contribution in [0.3, 0.4) is 0 Å². The molecule has 2 aromatic heterocycles. The van der Waals surface area contributed by atoms with Gasteiger partial charge in [-0.05, 0) is 25.1 Å². The van der Waals surface area contributed by atoms with Crippen LogP contribution in [-0.2, 0) is 9.47 Å². The van der Waals surface area contributed by atoms with Gasteiger partial charge in [0, 0.05) is 41.1 Å². The molecule has 146 valence electrons. The monoisotopic (exact) mass is 383 g/mol. The van der Waals surface area contributed by atoms with E-state index in [0.29, 0.717) is 41.6 Å². The molecule has 0 atom stereocenters. The molecule has 8 heteroatoms. The van der Waals surface area contributed by atoms with Crippen LogP contribution in [0.5, 0.6) is 0 Å². The number of esters is 1. The third kappa shape index (κ3) is 3.32. The van der Waals surface area contributed by atoms with E-state index in [2.05, 4.69) is 14.9 Å². The molecule has 0 amide bonds. The maximum atomic E-state index is 12.8. The predicted molar refractivity (Wildman–Crippen MR) is 104 cm³/mol. The van der Waals surface area contributed by atoms with Crippen LogP contribution in [0.1, 0.15) is 27.6 Å². The van der Waals surface area contributed by atoms with Crippen molar-refractivity contribution in [1.82, 2.24) is 14.9 Å². The minimum Gasteiger partial charge on any atom is -0.462 e. The molecule has 1 aliphatic heterocycles. The molecule has 2 N–H and O–H groups in total. The quantitative estimate of drug-likeness (QED) is 0.513. The fraction of sp³-hybridized carbons (Fsp3) is 0.350. The number of hydrogen-bond acceptors (Lipinski definition) is 6. The first-order valence-electron chi connectivity index (χ1n) is 9.26. The largest absolute Gasteiger partial charge is 0.462 e. The fourth-order valence-corrected chi connectivity index (χ4v) is 3.52. The minimum atomic E-state index is -0.509. The zero-order valence-electron chi connectivity index (χ0n) is 15.5. The van der Waals surface area contributed by atoms with E-state index in [-0.39, 0.29) is 29.0 Å². The average molecular weight is 383 g/mol. The van der Waals surface area contributed by atoms with Crippen molar-refractivity contribution in [3.63, 3.8) is 0 Å². The van der Waals surface area contributed by atoms with Crippen molar-refractivity contribution in [3.8, 4) is 0 Å². The molecule has 0 spiro atoms. The van der Waals surface area contributed by atoms with Crippen molar-refractivity contribution in [3.05, 3.63) is 45.9 Å². The molecule has 0 saturated carbocycles. The lowest BCUT2D eigenvalue weighted by Gasteiger charge is -2.25. The Hall–Kier alpha value is -2.97. The van der Waals surface area contributed by atoms with Gasteiger partial charge in [-0.2, -0.15) is 0 Å². The van der Waals surface area contributed by atoms with Crippen LogP contribution in [0, 0.1) is 0 Å². The van der Waals surface area contributed by atoms with Crippen molar-refractivity contribution >= 4 is 33.6 Å². The third-order valence-corrected chi connectivity index (χ3v) is 4.93. The molecule has 0 aliphatic carbocycles. The number of nitrogens with zero attached hydrogens (tertiary/aromatic N) is 1. The van der Waals surface area contributed by atoms with Gasteiger partial charge in [-0.15, -0.1) is 0 Å². The number of carbonyl (C=O) groups excluding carboxylic acids is 2. The van der Waals surface area contributed by atoms with E-state index in [9.17, 15) is 14.4 Å². The molecule has 1 saturated heterocycles. The van der Waals surface area contributed by atoms with Gasteiger partial charge in [0.25, 0.3) is 5.56 Å². The maximum absolute atomic E-state index is 12.8. The molecule has 1 aliphatic rings. The number of aromatic amines is 2. The molecular weight excluding hydrogens is 362 g/mol. The summed E-state index contributed by atoms with van der Waals surface area (Å²) in [4.78, 5) is 45.1. The molecular formula is C20H21N3O5. The summed E-state index contributed by atoms with van der Waals surface area (Å²) in [6, 6.07) is 5.13. The Kier molecular flexibility index (Phi) is 4.97. The van der Waals surface area contributed by atoms with Gasteiger partial charge in [0.1, 0.15) is 5.52 Å². The fourth-order valence-electron chi connectivity index (χ4n) is 3.52. The highest BCUT2D eigenvalue weighted by Gasteiger charge is 2.20. The number of nitrogens with one attached hydrogen (secondary N) is 2. The van der Waals surface area contributed by atoms with E-state index in [1.165, 1.54) is 6.20 Å². The highest BCUT2D eigenvalue weighted by molar-refractivity contribution is 6.16. The first kappa shape index (κ1) is 18.4. The molecule has 28 heavy (non-hydrogen) atoms. The number of carbonyl (C=O) groups is 2. The van der Waals surface area contributed by atoms with Crippen molar-refractivity contribution in [1.29, 1.82) is 0 Å². The van der Waals surface area contributed by atoms with Crippen LogP contribution in [0.2, 0.25) is 0 Å². The van der Waals surface area contributed by atoms with Crippen molar-refractivity contribution in [2.45, 2.75) is 6.92 Å². The zero-order valence-corrected chi connectivity index (χ0v) is 15.5. The Bertz CT molecular complexity index is 1110. The number of hydrogen-bond donors (Lipinski definition) is 2. The molecule has 3 heterocycles. The first-order valence-corrected chi connectivity index (χ1v) is 9.26. The summed E-state index contributed by atoms with van der Waals surface area (Å²) in [7, 11) is 0. The molecule has 4 rings (SSSR count). The first-order chi connectivity index (χ1) is 13.6. The van der Waals surface area contributed by atoms with Gasteiger partial charge in [0.15, 0.2) is 5.78 Å². The number of H-pyrrole nitrogens is 2. The Labute approximate surface area is 160 Å². The molecule has 8 nitrogen and oxygen atoms in total. The number of benzene rings is 1. The second kappa shape index (κ2) is 7.57. The third-order valence-electron chi connectivity index (χ3n) is 4.93. The Morgan fingerprint density at radius 1 is 1.25 bits per heavy atom. The summed E-state index contributed by atoms with van der Waals surface area (Å²) in [5, 5.41) is 1.10. The summed E-state index contributed by atoms with van der Waals surface area (Å²) in [5.41, 5.74) is 1.33. The Morgan fingerprint density at radius 2 is 2.04 bits per heavy atom. The SMILES string of the molecule is CCOC(=O)c1c[nH]c2c(=O)[nH]c3ccc(C(=O)CN4CCOCC4)cc3c12. The number of pyridine rings is 1. The summed E-state index contributed by atoms with van der Waals surface area (Å²) in [6.45, 7) is 4.96. The van der Waals surface area contributed by atoms with Crippen LogP contribution in [0.15, 0.2) is 29.2 Å². The van der Waals surface area contributed by atoms with Gasteiger partial charge in [-0.1, -0.05) is 0 Å². The van der Waals surface area contributed by atoms with E-state index < -0.39 is 5.97 Å². The van der Waals surface area contributed by atoms with Crippen LogP contribution in [0.4, 0.5) is 0 Å². The summed E-state index contributed by atoms with van der Waals surface area (Å²) in [6.07, 6.45) is 1.47. The van der Waals surface area contributed by atoms with Crippen LogP contribution in [-0.4, -0.2) is 66.1 Å². The second-order valence-corrected chi connectivity index (χ2v) is 6.70. The van der Waals surface area contributed by atoms with Gasteiger partial charge >= 0.3 is 5.97 Å². The Balaban J connectivity index is 1.78. The molecule has 0 radical (unpaired) electrons. The minimum absolute atomic E-state index is 0.0172. The molecule has 1 fully saturated rings. The van der Waals surface area contributed by atoms with Gasteiger partial charge in [0.2, 0.25) is 0 Å². The standard InChI is InChI=1S/C20H21N3O5/c1-2-28-20(26)14-10-21-18-17(14)13-9-12(3-4-15(13)22-19(18)25)16(24)11-23-5-7-27-8-6-23/h3-4,9-10,21H,2,5-8,11H2,1H3,(H,22,25). The number of ketones is 1. The van der Waals surface area contributed by atoms with Gasteiger partial charge in [0.05, 0.1) is 31.9 Å². The topological polar surface area (TPSA) is 104 Å². The van der Waals surface area contributed by atoms with Crippen LogP contribution >= 0.6 is 0 Å². The average Bonchev–Trinajstić information content (AvgIpc) is 3.15. The van der Waals surface area contributed by atoms with E-state index >= 15 is 0 Å². The van der Waals surface area contributed by atoms with E-state index in [1.54, 1.807) is 25.1 Å². The van der Waals surface area contributed by atoms with Gasteiger partial charge in [-0.25, -0.2) is 4.79 Å². The van der Waals surface area contributed by atoms with Crippen molar-refractivity contribution < 1.29 is 19.1 Å². The number of ether oxygens (including phenoxy) is 2. The Morgan fingerprint density at radius 3 is 2.79 bits per heavy atom. The van der Waals surface area contributed by atoms with E-state index in [4.69, 9.17) is 9.47 Å². The lowest BCUT2D eigenvalue weighted by atomic mass is 10.0. The molecule has 0 unspecified atom stereocenters. The maximum Gasteiger partial charge on any atom is 0.340 e. The normalized spacial score (nSPS) is 15.2. The highest BCUT2D eigenvalue weighted by Crippen LogP contribution is 2.26. The van der Waals surface area contributed by atoms with E-state index in [1.807, 2.05) is 0 Å². The zero-order chi connectivity index (χ0) is 19.7. The summed E-state index contributed by atoms with van der Waals surface area (Å²) < 4.78 is 10.4. The van der Waals surface area contributed by atoms with Crippen molar-refractivity contribution in [2.24, 2.45) is 0 Å². The summed E-state index contributed by atoms with van der Waals surface area (Å²) in [5.74, 6) is -0.526. The van der Waals surface area contributed by atoms with E-state index in [0.717, 1.165) is 13.1 Å². The summed E-state index contributed by atoms with van der Waals surface area (Å²) >= 11 is 0. The predicted octanol–water partition coefficient (Wildman–Crippen LogP) is 1.70. The lowest BCUT2D eigenvalue weighted by Crippen LogP contribution is -2.39. The van der Waals surface area contributed by atoms with Gasteiger partial charge in [-0.3, -0.25) is 14.5 Å². The highest BCUT2D eigenvalue weighted by atomic mass is 16.5. The van der Waals surface area contributed by atoms with Crippen LogP contribution < -0.4 is 5.56 Å².